The van der Waals surface area contributed by atoms with Gasteiger partial charge in [0.05, 0.1) is 43.6 Å². The molecule has 1 saturated carbocycles. The van der Waals surface area contributed by atoms with E-state index in [1.165, 1.54) is 0 Å². The van der Waals surface area contributed by atoms with Gasteiger partial charge in [0.2, 0.25) is 0 Å². The summed E-state index contributed by atoms with van der Waals surface area (Å²) in [4.78, 5) is 12.8. The Morgan fingerprint density at radius 1 is 0.909 bits per heavy atom. The Balaban J connectivity index is 1.79. The van der Waals surface area contributed by atoms with Crippen LogP contribution >= 0.6 is 0 Å². The van der Waals surface area contributed by atoms with Crippen LogP contribution < -0.4 is 34.0 Å². The average Bonchev–Trinajstić information content (AvgIpc) is 2.98. The molecule has 0 bridgehead atoms. The number of aliphatic hydroxyl groups is 7. The van der Waals surface area contributed by atoms with Crippen LogP contribution in [0.3, 0.4) is 0 Å². The molecule has 0 aromatic heterocycles. The van der Waals surface area contributed by atoms with Crippen molar-refractivity contribution in [2.24, 2.45) is 34.6 Å². The summed E-state index contributed by atoms with van der Waals surface area (Å²) in [5.41, 5.74) is 29.8. The fourth-order valence-corrected chi connectivity index (χ4v) is 5.86. The summed E-state index contributed by atoms with van der Waals surface area (Å²) in [6.07, 6.45) is -13.9. The van der Waals surface area contributed by atoms with E-state index in [4.69, 9.17) is 52.7 Å². The van der Waals surface area contributed by atoms with Crippen molar-refractivity contribution in [2.45, 2.75) is 117 Å². The molecule has 0 aromatic carbocycles. The topological polar surface area (TPSA) is 338 Å². The molecule has 44 heavy (non-hydrogen) atoms. The van der Waals surface area contributed by atoms with Crippen molar-refractivity contribution in [1.29, 1.82) is 0 Å². The Morgan fingerprint density at radius 3 is 2.20 bits per heavy atom. The predicted molar refractivity (Wildman–Crippen MR) is 152 cm³/mol. The maximum Gasteiger partial charge on any atom is 0.186 e. The molecule has 3 rings (SSSR count). The molecule has 18 nitrogen and oxygen atoms in total. The molecule has 258 valence electrons. The second-order valence-corrected chi connectivity index (χ2v) is 12.0. The fraction of sp³-hybridized carbons (Fsp3) is 0.962. The molecule has 3 fully saturated rings. The zero-order valence-electron chi connectivity index (χ0n) is 24.7. The molecule has 18 heteroatoms. The first kappa shape index (κ1) is 37.4. The first-order valence-electron chi connectivity index (χ1n) is 15.0. The summed E-state index contributed by atoms with van der Waals surface area (Å²) in [6, 6.07) is -3.45. The third kappa shape index (κ3) is 9.29. The minimum absolute atomic E-state index is 0.0253. The van der Waals surface area contributed by atoms with E-state index in [-0.39, 0.29) is 51.9 Å². The Hall–Kier alpha value is -1.01. The lowest BCUT2D eigenvalue weighted by Crippen LogP contribution is -2.66. The van der Waals surface area contributed by atoms with Crippen molar-refractivity contribution in [1.82, 2.24) is 5.32 Å². The van der Waals surface area contributed by atoms with E-state index < -0.39 is 110 Å². The van der Waals surface area contributed by atoms with Crippen LogP contribution in [0.15, 0.2) is 0 Å². The molecule has 1 unspecified atom stereocenters. The number of Topliss-reactive ketones (excluding diaryl/α,β-unsaturated/α-hetero) is 1. The van der Waals surface area contributed by atoms with Crippen LogP contribution in [0, 0.1) is 5.92 Å². The largest absolute Gasteiger partial charge is 0.395 e. The van der Waals surface area contributed by atoms with Crippen molar-refractivity contribution in [3.8, 4) is 0 Å². The number of ether oxygens (including phenoxy) is 4. The van der Waals surface area contributed by atoms with Crippen molar-refractivity contribution in [3.63, 3.8) is 0 Å². The zero-order valence-corrected chi connectivity index (χ0v) is 24.7. The Labute approximate surface area is 255 Å². The first-order valence-corrected chi connectivity index (χ1v) is 15.0. The van der Waals surface area contributed by atoms with Crippen molar-refractivity contribution >= 4 is 5.78 Å². The smallest absolute Gasteiger partial charge is 0.186 e. The lowest BCUT2D eigenvalue weighted by atomic mass is 9.76. The quantitative estimate of drug-likeness (QED) is 0.0790. The van der Waals surface area contributed by atoms with E-state index in [0.717, 1.165) is 0 Å². The molecule has 0 radical (unpaired) electrons. The summed E-state index contributed by atoms with van der Waals surface area (Å²) in [5, 5.41) is 74.9. The monoisotopic (exact) mass is 640 g/mol. The Bertz CT molecular complexity index is 881. The molecule has 2 aliphatic heterocycles. The van der Waals surface area contributed by atoms with Gasteiger partial charge in [-0.2, -0.15) is 0 Å². The Kier molecular flexibility index (Phi) is 14.7. The predicted octanol–water partition coefficient (Wildman–Crippen LogP) is -7.39. The molecule has 18 N–H and O–H groups in total. The number of rotatable bonds is 15. The second-order valence-electron chi connectivity index (χ2n) is 12.0. The number of carbonyl (C=O) groups is 1. The number of ketones is 1. The summed E-state index contributed by atoms with van der Waals surface area (Å²) in [7, 11) is 0. The number of hydrogen-bond acceptors (Lipinski definition) is 18. The lowest BCUT2D eigenvalue weighted by molar-refractivity contribution is -0.320. The SMILES string of the molecule is NCC[C@H](O)C(=O)C[C@@H]1C[C@H](N)[C@@H](O[C@H]2O[C@H](CNCC(N)CO)[C@@H](O)C[C@H]2N)[C@H](O)[C@H]1O[C@H]1O[C@H](CO)[C@@H](O)[C@H](N)[C@H]1O. The summed E-state index contributed by atoms with van der Waals surface area (Å²) in [5.74, 6) is -1.34. The van der Waals surface area contributed by atoms with Gasteiger partial charge in [0.1, 0.15) is 36.6 Å². The van der Waals surface area contributed by atoms with Crippen LogP contribution in [-0.2, 0) is 23.7 Å². The lowest BCUT2D eigenvalue weighted by Gasteiger charge is -2.48. The number of hydrogen-bond donors (Lipinski definition) is 13. The first-order chi connectivity index (χ1) is 20.8. The summed E-state index contributed by atoms with van der Waals surface area (Å²) in [6.45, 7) is -0.368. The van der Waals surface area contributed by atoms with Gasteiger partial charge >= 0.3 is 0 Å². The van der Waals surface area contributed by atoms with E-state index >= 15 is 0 Å². The van der Waals surface area contributed by atoms with Crippen LogP contribution in [0.2, 0.25) is 0 Å². The molecule has 2 saturated heterocycles. The molecule has 0 aromatic rings. The highest BCUT2D eigenvalue weighted by molar-refractivity contribution is 5.83. The minimum atomic E-state index is -1.57. The van der Waals surface area contributed by atoms with Gasteiger partial charge < -0.3 is 88.7 Å². The molecular weight excluding hydrogens is 588 g/mol. The van der Waals surface area contributed by atoms with Crippen LogP contribution in [0.1, 0.15) is 25.7 Å². The summed E-state index contributed by atoms with van der Waals surface area (Å²) >= 11 is 0. The number of carbonyl (C=O) groups excluding carboxylic acids is 1. The van der Waals surface area contributed by atoms with Gasteiger partial charge in [-0.25, -0.2) is 0 Å². The van der Waals surface area contributed by atoms with Crippen LogP contribution in [0.4, 0.5) is 0 Å². The van der Waals surface area contributed by atoms with E-state index in [9.17, 15) is 35.4 Å². The van der Waals surface area contributed by atoms with Crippen molar-refractivity contribution in [3.05, 3.63) is 0 Å². The van der Waals surface area contributed by atoms with Crippen molar-refractivity contribution in [2.75, 3.05) is 32.8 Å². The van der Waals surface area contributed by atoms with Gasteiger partial charge in [-0.3, -0.25) is 4.79 Å². The molecule has 1 aliphatic carbocycles. The average molecular weight is 641 g/mol. The van der Waals surface area contributed by atoms with E-state index in [1.54, 1.807) is 0 Å². The van der Waals surface area contributed by atoms with Crippen molar-refractivity contribution < 1.29 is 59.5 Å². The fourth-order valence-electron chi connectivity index (χ4n) is 5.86. The van der Waals surface area contributed by atoms with E-state index in [1.807, 2.05) is 0 Å². The zero-order chi connectivity index (χ0) is 32.7. The summed E-state index contributed by atoms with van der Waals surface area (Å²) < 4.78 is 23.6. The van der Waals surface area contributed by atoms with Crippen LogP contribution in [0.25, 0.3) is 0 Å². The molecule has 2 heterocycles. The molecule has 3 aliphatic rings. The maximum atomic E-state index is 12.8. The molecule has 0 spiro atoms. The van der Waals surface area contributed by atoms with Gasteiger partial charge in [0.25, 0.3) is 0 Å². The second kappa shape index (κ2) is 17.2. The minimum Gasteiger partial charge on any atom is -0.395 e. The maximum absolute atomic E-state index is 12.8. The third-order valence-electron chi connectivity index (χ3n) is 8.52. The van der Waals surface area contributed by atoms with Gasteiger partial charge in [-0.05, 0) is 31.7 Å². The molecule has 0 amide bonds. The molecular formula is C26H52N6O12. The normalized spacial score (nSPS) is 43.0. The third-order valence-corrected chi connectivity index (χ3v) is 8.52. The van der Waals surface area contributed by atoms with Crippen LogP contribution in [0.5, 0.6) is 0 Å². The Morgan fingerprint density at radius 2 is 1.57 bits per heavy atom. The van der Waals surface area contributed by atoms with Gasteiger partial charge in [-0.15, -0.1) is 0 Å². The highest BCUT2D eigenvalue weighted by atomic mass is 16.7. The number of nitrogens with one attached hydrogen (secondary N) is 1. The highest BCUT2D eigenvalue weighted by Gasteiger charge is 2.51. The van der Waals surface area contributed by atoms with Gasteiger partial charge in [0.15, 0.2) is 18.4 Å². The number of nitrogens with two attached hydrogens (primary N) is 5. The van der Waals surface area contributed by atoms with E-state index in [2.05, 4.69) is 5.32 Å². The van der Waals surface area contributed by atoms with Gasteiger partial charge in [0, 0.05) is 31.6 Å². The highest BCUT2D eigenvalue weighted by Crippen LogP contribution is 2.36. The number of aliphatic hydroxyl groups excluding tert-OH is 7. The van der Waals surface area contributed by atoms with Gasteiger partial charge in [-0.1, -0.05) is 0 Å². The van der Waals surface area contributed by atoms with Crippen LogP contribution in [-0.4, -0.2) is 166 Å². The standard InChI is InChI=1S/C26H52N6O12/c27-2-1-14(35)15(36)4-10-3-12(29)24(22(40)23(10)43-26-21(39)19(31)20(38)18(9-34)42-26)44-25-13(30)5-16(37)17(41-25)7-32-6-11(28)8-33/h10-14,16-26,32-35,37-40H,1-9,27-31H2/t10-,11?,12-,13+,14-,16-,17+,18+,19-,20+,21+,22+,23-,24+,25+,26+/m0/s1. The molecule has 16 atom stereocenters. The van der Waals surface area contributed by atoms with E-state index in [0.29, 0.717) is 0 Å².